The normalized spacial score (nSPS) is 16.1. The Kier molecular flexibility index (Phi) is 7.71. The molecule has 194 valence electrons. The van der Waals surface area contributed by atoms with Crippen molar-refractivity contribution >= 4 is 35.0 Å². The number of carbonyl (C=O) groups excluding carboxylic acids is 2. The first kappa shape index (κ1) is 26.1. The molecule has 2 aromatic rings. The van der Waals surface area contributed by atoms with E-state index in [1.54, 1.807) is 49.1 Å². The van der Waals surface area contributed by atoms with Gasteiger partial charge in [0.2, 0.25) is 5.91 Å². The molecule has 1 aliphatic carbocycles. The molecule has 1 heterocycles. The summed E-state index contributed by atoms with van der Waals surface area (Å²) in [7, 11) is 0. The molecule has 2 amide bonds. The molecule has 2 aliphatic rings. The van der Waals surface area contributed by atoms with E-state index in [9.17, 15) is 23.9 Å². The van der Waals surface area contributed by atoms with Gasteiger partial charge in [-0.3, -0.25) is 19.9 Å². The third-order valence-electron chi connectivity index (χ3n) is 6.87. The Morgan fingerprint density at radius 3 is 2.43 bits per heavy atom. The Labute approximate surface area is 215 Å². The van der Waals surface area contributed by atoms with Crippen LogP contribution in [0.15, 0.2) is 54.2 Å². The lowest BCUT2D eigenvalue weighted by atomic mass is 9.88. The third kappa shape index (κ3) is 5.55. The first-order valence-corrected chi connectivity index (χ1v) is 12.5. The lowest BCUT2D eigenvalue weighted by molar-refractivity contribution is -0.134. The molecule has 0 radical (unpaired) electrons. The summed E-state index contributed by atoms with van der Waals surface area (Å²) < 4.78 is 13.6. The van der Waals surface area contributed by atoms with Crippen molar-refractivity contribution in [2.75, 3.05) is 10.2 Å². The molecule has 9 heteroatoms. The zero-order valence-corrected chi connectivity index (χ0v) is 21.0. The smallest absolute Gasteiger partial charge is 0.340 e. The highest BCUT2D eigenvalue weighted by Crippen LogP contribution is 2.30. The molecule has 3 N–H and O–H groups in total. The van der Waals surface area contributed by atoms with E-state index in [-0.39, 0.29) is 35.2 Å². The minimum Gasteiger partial charge on any atom is -0.478 e. The first-order chi connectivity index (χ1) is 17.7. The highest BCUT2D eigenvalue weighted by atomic mass is 19.1. The number of rotatable bonds is 7. The Bertz CT molecular complexity index is 1250. The minimum atomic E-state index is -1.32. The van der Waals surface area contributed by atoms with E-state index < -0.39 is 11.8 Å². The summed E-state index contributed by atoms with van der Waals surface area (Å²) in [6, 6.07) is 10.6. The van der Waals surface area contributed by atoms with Gasteiger partial charge in [-0.05, 0) is 68.7 Å². The standard InChI is InChI=1S/C28H31FN4O4/c1-17(2)33(26(34)18-6-4-3-5-7-18)25(30)24(28(36)37)15-31-21-10-12-22(13-11-21)32-16-19-8-9-20(29)14-23(19)27(32)35/h8-15,17-18,30-31H,3-7,16H2,1-2H3,(H,36,37)/b24-15+,30-25?. The molecule has 0 unspecified atom stereocenters. The van der Waals surface area contributed by atoms with Gasteiger partial charge < -0.3 is 15.3 Å². The van der Waals surface area contributed by atoms with Crippen LogP contribution in [-0.4, -0.2) is 39.7 Å². The van der Waals surface area contributed by atoms with Gasteiger partial charge in [0.1, 0.15) is 17.2 Å². The van der Waals surface area contributed by atoms with Crippen LogP contribution in [0.4, 0.5) is 15.8 Å². The van der Waals surface area contributed by atoms with Crippen LogP contribution >= 0.6 is 0 Å². The maximum Gasteiger partial charge on any atom is 0.340 e. The van der Waals surface area contributed by atoms with Crippen LogP contribution in [0.3, 0.4) is 0 Å². The summed E-state index contributed by atoms with van der Waals surface area (Å²) in [6.45, 7) is 3.88. The molecular weight excluding hydrogens is 475 g/mol. The van der Waals surface area contributed by atoms with Crippen molar-refractivity contribution in [2.45, 2.75) is 58.5 Å². The van der Waals surface area contributed by atoms with Crippen LogP contribution in [0, 0.1) is 17.1 Å². The molecule has 0 atom stereocenters. The quantitative estimate of drug-likeness (QED) is 0.273. The van der Waals surface area contributed by atoms with Crippen molar-refractivity contribution in [3.8, 4) is 0 Å². The fourth-order valence-corrected chi connectivity index (χ4v) is 4.91. The number of hydrogen-bond acceptors (Lipinski definition) is 5. The van der Waals surface area contributed by atoms with Crippen LogP contribution in [-0.2, 0) is 16.1 Å². The van der Waals surface area contributed by atoms with E-state index in [0.29, 0.717) is 23.5 Å². The first-order valence-electron chi connectivity index (χ1n) is 12.5. The summed E-state index contributed by atoms with van der Waals surface area (Å²) >= 11 is 0. The lowest BCUT2D eigenvalue weighted by Crippen LogP contribution is -2.46. The molecule has 0 bridgehead atoms. The zero-order chi connectivity index (χ0) is 26.7. The summed E-state index contributed by atoms with van der Waals surface area (Å²) in [4.78, 5) is 40.7. The topological polar surface area (TPSA) is 114 Å². The number of amidine groups is 1. The Hall–Kier alpha value is -4.01. The van der Waals surface area contributed by atoms with Gasteiger partial charge >= 0.3 is 5.97 Å². The van der Waals surface area contributed by atoms with E-state index in [0.717, 1.165) is 37.7 Å². The second-order valence-corrected chi connectivity index (χ2v) is 9.73. The number of carbonyl (C=O) groups is 3. The van der Waals surface area contributed by atoms with E-state index >= 15 is 0 Å². The highest BCUT2D eigenvalue weighted by molar-refractivity contribution is 6.21. The third-order valence-corrected chi connectivity index (χ3v) is 6.87. The molecule has 4 rings (SSSR count). The number of carboxylic acids is 1. The van der Waals surface area contributed by atoms with Crippen LogP contribution in [0.5, 0.6) is 0 Å². The summed E-state index contributed by atoms with van der Waals surface area (Å²) in [5.74, 6) is -2.81. The lowest BCUT2D eigenvalue weighted by Gasteiger charge is -2.32. The second-order valence-electron chi connectivity index (χ2n) is 9.73. The fraction of sp³-hybridized carbons (Fsp3) is 0.357. The Balaban J connectivity index is 1.48. The number of benzene rings is 2. The largest absolute Gasteiger partial charge is 0.478 e. The number of nitrogens with one attached hydrogen (secondary N) is 2. The summed E-state index contributed by atoms with van der Waals surface area (Å²) in [5.41, 5.74) is 1.92. The van der Waals surface area contributed by atoms with Crippen LogP contribution in [0.2, 0.25) is 0 Å². The van der Waals surface area contributed by atoms with Crippen molar-refractivity contribution in [2.24, 2.45) is 5.92 Å². The van der Waals surface area contributed by atoms with E-state index in [1.165, 1.54) is 23.2 Å². The van der Waals surface area contributed by atoms with E-state index in [4.69, 9.17) is 5.41 Å². The number of aliphatic carboxylic acids is 1. The number of halogens is 1. The van der Waals surface area contributed by atoms with Crippen LogP contribution in [0.1, 0.15) is 61.9 Å². The maximum atomic E-state index is 13.6. The van der Waals surface area contributed by atoms with Crippen molar-refractivity contribution < 1.29 is 23.9 Å². The zero-order valence-electron chi connectivity index (χ0n) is 21.0. The molecule has 0 spiro atoms. The SMILES string of the molecule is CC(C)N(C(=N)/C(=C\Nc1ccc(N2Cc3ccc(F)cc3C2=O)cc1)C(=O)O)C(=O)C1CCCCC1. The second kappa shape index (κ2) is 10.9. The van der Waals surface area contributed by atoms with Gasteiger partial charge in [-0.2, -0.15) is 0 Å². The molecule has 1 aliphatic heterocycles. The predicted octanol–water partition coefficient (Wildman–Crippen LogP) is 5.16. The fourth-order valence-electron chi connectivity index (χ4n) is 4.91. The molecule has 8 nitrogen and oxygen atoms in total. The number of fused-ring (bicyclic) bond motifs is 1. The van der Waals surface area contributed by atoms with E-state index in [2.05, 4.69) is 5.32 Å². The van der Waals surface area contributed by atoms with Crippen molar-refractivity contribution in [1.29, 1.82) is 5.41 Å². The molecule has 37 heavy (non-hydrogen) atoms. The molecule has 2 aromatic carbocycles. The Morgan fingerprint density at radius 2 is 1.81 bits per heavy atom. The van der Waals surface area contributed by atoms with Crippen LogP contribution < -0.4 is 10.2 Å². The Morgan fingerprint density at radius 1 is 1.14 bits per heavy atom. The number of hydrogen-bond donors (Lipinski definition) is 3. The van der Waals surface area contributed by atoms with Gasteiger partial charge in [0.15, 0.2) is 0 Å². The summed E-state index contributed by atoms with van der Waals surface area (Å²) in [6.07, 6.45) is 5.73. The number of amides is 2. The van der Waals surface area contributed by atoms with Gasteiger partial charge in [-0.25, -0.2) is 9.18 Å². The van der Waals surface area contributed by atoms with Gasteiger partial charge in [-0.1, -0.05) is 25.3 Å². The predicted molar refractivity (Wildman–Crippen MR) is 139 cm³/mol. The highest BCUT2D eigenvalue weighted by Gasteiger charge is 2.33. The van der Waals surface area contributed by atoms with Gasteiger partial charge in [-0.15, -0.1) is 0 Å². The minimum absolute atomic E-state index is 0.192. The molecule has 0 saturated heterocycles. The van der Waals surface area contributed by atoms with Crippen molar-refractivity contribution in [3.05, 3.63) is 71.2 Å². The van der Waals surface area contributed by atoms with Crippen molar-refractivity contribution in [3.63, 3.8) is 0 Å². The van der Waals surface area contributed by atoms with Crippen LogP contribution in [0.25, 0.3) is 0 Å². The van der Waals surface area contributed by atoms with Crippen molar-refractivity contribution in [1.82, 2.24) is 4.90 Å². The molecule has 1 fully saturated rings. The molecular formula is C28H31FN4O4. The van der Waals surface area contributed by atoms with Gasteiger partial charge in [0, 0.05) is 35.1 Å². The molecule has 1 saturated carbocycles. The average Bonchev–Trinajstić information content (AvgIpc) is 3.20. The molecule has 0 aromatic heterocycles. The van der Waals surface area contributed by atoms with Gasteiger partial charge in [0.25, 0.3) is 5.91 Å². The summed E-state index contributed by atoms with van der Waals surface area (Å²) in [5, 5.41) is 21.3. The maximum absolute atomic E-state index is 13.6. The number of nitrogens with zero attached hydrogens (tertiary/aromatic N) is 2. The van der Waals surface area contributed by atoms with Gasteiger partial charge in [0.05, 0.1) is 6.54 Å². The average molecular weight is 507 g/mol. The monoisotopic (exact) mass is 506 g/mol. The number of anilines is 2. The van der Waals surface area contributed by atoms with E-state index in [1.807, 2.05) is 0 Å². The number of carboxylic acid groups (broad SMARTS) is 1.